The summed E-state index contributed by atoms with van der Waals surface area (Å²) >= 11 is 5.99. The Hall–Kier alpha value is -2.73. The van der Waals surface area contributed by atoms with Crippen molar-refractivity contribution < 1.29 is 14.5 Å². The smallest absolute Gasteiger partial charge is 0.268 e. The molecule has 0 radical (unpaired) electrons. The number of imide groups is 1. The molecule has 104 valence electrons. The van der Waals surface area contributed by atoms with E-state index in [1.165, 1.54) is 24.3 Å². The number of carbonyl (C=O) groups is 2. The topological polar surface area (TPSA) is 80.5 Å². The van der Waals surface area contributed by atoms with Crippen molar-refractivity contribution in [2.24, 2.45) is 0 Å². The van der Waals surface area contributed by atoms with Crippen molar-refractivity contribution in [3.8, 4) is 0 Å². The van der Waals surface area contributed by atoms with Crippen molar-refractivity contribution in [1.29, 1.82) is 0 Å². The molecule has 2 aromatic rings. The summed E-state index contributed by atoms with van der Waals surface area (Å²) < 4.78 is 0. The van der Waals surface area contributed by atoms with Gasteiger partial charge >= 0.3 is 0 Å². The molecule has 2 amide bonds. The van der Waals surface area contributed by atoms with E-state index < -0.39 is 16.7 Å². The number of benzene rings is 2. The summed E-state index contributed by atoms with van der Waals surface area (Å²) in [4.78, 5) is 35.7. The van der Waals surface area contributed by atoms with Gasteiger partial charge in [0.1, 0.15) is 0 Å². The Morgan fingerprint density at radius 3 is 2.10 bits per heavy atom. The van der Waals surface area contributed by atoms with Gasteiger partial charge < -0.3 is 0 Å². The number of nitro benzene ring substituents is 1. The molecular formula is C14H7ClN2O4. The second-order valence-corrected chi connectivity index (χ2v) is 4.79. The zero-order valence-electron chi connectivity index (χ0n) is 10.4. The minimum absolute atomic E-state index is 0.0112. The lowest BCUT2D eigenvalue weighted by molar-refractivity contribution is -0.384. The Labute approximate surface area is 123 Å². The van der Waals surface area contributed by atoms with Crippen molar-refractivity contribution in [1.82, 2.24) is 0 Å². The fraction of sp³-hybridized carbons (Fsp3) is 0. The Morgan fingerprint density at radius 1 is 1.00 bits per heavy atom. The van der Waals surface area contributed by atoms with Gasteiger partial charge in [0.05, 0.1) is 26.8 Å². The standard InChI is InChI=1S/C14H7ClN2O4/c15-11-6-5-8(17(20)21)7-12(11)16-13(18)9-3-1-2-4-10(9)14(16)19/h1-7H. The number of non-ortho nitro benzene ring substituents is 1. The molecule has 0 spiro atoms. The number of nitrogens with zero attached hydrogens (tertiary/aromatic N) is 2. The lowest BCUT2D eigenvalue weighted by Crippen LogP contribution is -2.29. The van der Waals surface area contributed by atoms with Crippen LogP contribution in [0.3, 0.4) is 0 Å². The lowest BCUT2D eigenvalue weighted by atomic mass is 10.1. The summed E-state index contributed by atoms with van der Waals surface area (Å²) in [6, 6.07) is 9.96. The van der Waals surface area contributed by atoms with Crippen LogP contribution >= 0.6 is 11.6 Å². The fourth-order valence-corrected chi connectivity index (χ4v) is 2.40. The molecule has 0 saturated heterocycles. The van der Waals surface area contributed by atoms with Gasteiger partial charge in [-0.25, -0.2) is 4.90 Å². The Kier molecular flexibility index (Phi) is 2.95. The number of hydrogen-bond donors (Lipinski definition) is 0. The van der Waals surface area contributed by atoms with Crippen LogP contribution in [-0.2, 0) is 0 Å². The molecule has 6 nitrogen and oxygen atoms in total. The number of nitro groups is 1. The fourth-order valence-electron chi connectivity index (χ4n) is 2.19. The minimum Gasteiger partial charge on any atom is -0.268 e. The molecule has 1 heterocycles. The first-order chi connectivity index (χ1) is 10.0. The van der Waals surface area contributed by atoms with Crippen molar-refractivity contribution in [3.05, 3.63) is 68.7 Å². The van der Waals surface area contributed by atoms with Crippen molar-refractivity contribution >= 4 is 34.8 Å². The molecule has 0 saturated carbocycles. The number of halogens is 1. The zero-order valence-corrected chi connectivity index (χ0v) is 11.2. The number of fused-ring (bicyclic) bond motifs is 1. The monoisotopic (exact) mass is 302 g/mol. The Morgan fingerprint density at radius 2 is 1.57 bits per heavy atom. The molecule has 1 aliphatic rings. The minimum atomic E-state index is -0.613. The largest absolute Gasteiger partial charge is 0.271 e. The normalized spacial score (nSPS) is 13.5. The zero-order chi connectivity index (χ0) is 15.1. The molecular weight excluding hydrogens is 296 g/mol. The molecule has 0 atom stereocenters. The maximum Gasteiger partial charge on any atom is 0.271 e. The highest BCUT2D eigenvalue weighted by molar-refractivity contribution is 6.39. The Bertz CT molecular complexity index is 768. The first-order valence-electron chi connectivity index (χ1n) is 5.92. The molecule has 0 aromatic heterocycles. The highest BCUT2D eigenvalue weighted by atomic mass is 35.5. The highest BCUT2D eigenvalue weighted by Crippen LogP contribution is 2.35. The van der Waals surface area contributed by atoms with Crippen molar-refractivity contribution in [3.63, 3.8) is 0 Å². The number of hydrogen-bond acceptors (Lipinski definition) is 4. The lowest BCUT2D eigenvalue weighted by Gasteiger charge is -2.15. The van der Waals surface area contributed by atoms with Crippen LogP contribution in [0.25, 0.3) is 0 Å². The van der Waals surface area contributed by atoms with Crippen LogP contribution in [-0.4, -0.2) is 16.7 Å². The number of carbonyl (C=O) groups excluding carboxylic acids is 2. The third-order valence-corrected chi connectivity index (χ3v) is 3.50. The molecule has 3 rings (SSSR count). The van der Waals surface area contributed by atoms with Crippen LogP contribution in [0.1, 0.15) is 20.7 Å². The quantitative estimate of drug-likeness (QED) is 0.485. The predicted molar refractivity (Wildman–Crippen MR) is 75.7 cm³/mol. The van der Waals surface area contributed by atoms with Gasteiger partial charge in [-0.2, -0.15) is 0 Å². The molecule has 21 heavy (non-hydrogen) atoms. The van der Waals surface area contributed by atoms with Gasteiger partial charge in [0.15, 0.2) is 0 Å². The Balaban J connectivity index is 2.15. The van der Waals surface area contributed by atoms with E-state index in [0.717, 1.165) is 11.0 Å². The molecule has 1 aliphatic heterocycles. The van der Waals surface area contributed by atoms with Crippen molar-refractivity contribution in [2.75, 3.05) is 4.90 Å². The summed E-state index contributed by atoms with van der Waals surface area (Å²) in [5.74, 6) is -1.09. The van der Waals surface area contributed by atoms with Gasteiger partial charge in [-0.05, 0) is 18.2 Å². The third kappa shape index (κ3) is 1.96. The molecule has 0 fully saturated rings. The van der Waals surface area contributed by atoms with E-state index in [1.807, 2.05) is 0 Å². The van der Waals surface area contributed by atoms with Gasteiger partial charge in [0, 0.05) is 12.1 Å². The second kappa shape index (κ2) is 4.68. The predicted octanol–water partition coefficient (Wildman–Crippen LogP) is 3.05. The van der Waals surface area contributed by atoms with E-state index in [0.29, 0.717) is 0 Å². The number of anilines is 1. The average Bonchev–Trinajstić information content (AvgIpc) is 2.72. The first kappa shape index (κ1) is 13.3. The van der Waals surface area contributed by atoms with Crippen LogP contribution in [0, 0.1) is 10.1 Å². The van der Waals surface area contributed by atoms with E-state index in [2.05, 4.69) is 0 Å². The van der Waals surface area contributed by atoms with Crippen LogP contribution in [0.2, 0.25) is 5.02 Å². The van der Waals surface area contributed by atoms with Crippen molar-refractivity contribution in [2.45, 2.75) is 0 Å². The van der Waals surface area contributed by atoms with Gasteiger partial charge in [0.25, 0.3) is 17.5 Å². The van der Waals surface area contributed by atoms with Gasteiger partial charge in [0.2, 0.25) is 0 Å². The van der Waals surface area contributed by atoms with Gasteiger partial charge in [-0.3, -0.25) is 19.7 Å². The van der Waals surface area contributed by atoms with E-state index in [9.17, 15) is 19.7 Å². The second-order valence-electron chi connectivity index (χ2n) is 4.38. The maximum absolute atomic E-state index is 12.3. The van der Waals surface area contributed by atoms with Crippen LogP contribution in [0.15, 0.2) is 42.5 Å². The van der Waals surface area contributed by atoms with E-state index in [1.54, 1.807) is 12.1 Å². The van der Waals surface area contributed by atoms with E-state index in [-0.39, 0.29) is 27.5 Å². The third-order valence-electron chi connectivity index (χ3n) is 3.18. The molecule has 0 bridgehead atoms. The molecule has 7 heteroatoms. The van der Waals surface area contributed by atoms with Gasteiger partial charge in [-0.15, -0.1) is 0 Å². The SMILES string of the molecule is O=C1c2ccccc2C(=O)N1c1cc([N+](=O)[O-])ccc1Cl. The average molecular weight is 303 g/mol. The molecule has 0 aliphatic carbocycles. The van der Waals surface area contributed by atoms with E-state index in [4.69, 9.17) is 11.6 Å². The highest BCUT2D eigenvalue weighted by Gasteiger charge is 2.37. The van der Waals surface area contributed by atoms with Crippen LogP contribution in [0.5, 0.6) is 0 Å². The van der Waals surface area contributed by atoms with Gasteiger partial charge in [-0.1, -0.05) is 23.7 Å². The molecule has 0 unspecified atom stereocenters. The molecule has 2 aromatic carbocycles. The van der Waals surface area contributed by atoms with Crippen LogP contribution in [0.4, 0.5) is 11.4 Å². The summed E-state index contributed by atoms with van der Waals surface area (Å²) in [5.41, 5.74) is 0.276. The first-order valence-corrected chi connectivity index (χ1v) is 6.30. The number of rotatable bonds is 2. The van der Waals surface area contributed by atoms with Crippen LogP contribution < -0.4 is 4.90 Å². The summed E-state index contributed by atoms with van der Waals surface area (Å²) in [6.07, 6.45) is 0. The van der Waals surface area contributed by atoms with E-state index >= 15 is 0 Å². The summed E-state index contributed by atoms with van der Waals surface area (Å²) in [5, 5.41) is 10.9. The summed E-state index contributed by atoms with van der Waals surface area (Å²) in [6.45, 7) is 0. The molecule has 0 N–H and O–H groups in total. The maximum atomic E-state index is 12.3. The summed E-state index contributed by atoms with van der Waals surface area (Å²) in [7, 11) is 0. The number of amides is 2.